The molecule has 10 nitrogen and oxygen atoms in total. The Morgan fingerprint density at radius 2 is 1.56 bits per heavy atom. The monoisotopic (exact) mass is 302 g/mol. The molecule has 12 heteroatoms. The Labute approximate surface area is 105 Å². The predicted molar refractivity (Wildman–Crippen MR) is 60.7 cm³/mol. The maximum atomic E-state index is 11.6. The third kappa shape index (κ3) is 3.78. The normalized spacial score (nSPS) is 19.4. The first kappa shape index (κ1) is 15.1. The lowest BCUT2D eigenvalue weighted by Crippen LogP contribution is -2.55. The first-order chi connectivity index (χ1) is 8.16. The highest BCUT2D eigenvalue weighted by molar-refractivity contribution is 7.87. The number of piperazine rings is 1. The Balaban J connectivity index is 2.65. The number of hydrogen-bond donors (Lipinski definition) is 2. The minimum Gasteiger partial charge on any atom is -0.452 e. The van der Waals surface area contributed by atoms with E-state index in [4.69, 9.17) is 5.14 Å². The largest absolute Gasteiger partial charge is 0.452 e. The highest BCUT2D eigenvalue weighted by Crippen LogP contribution is 2.07. The Kier molecular flexibility index (Phi) is 4.50. The maximum Gasteiger partial charge on any atom is 0.421 e. The Morgan fingerprint density at radius 1 is 1.11 bits per heavy atom. The number of nitrogens with one attached hydrogen (secondary N) is 1. The number of rotatable bonds is 3. The molecule has 106 valence electrons. The van der Waals surface area contributed by atoms with E-state index in [0.717, 1.165) is 15.7 Å². The molecule has 0 atom stereocenters. The molecule has 18 heavy (non-hydrogen) atoms. The van der Waals surface area contributed by atoms with Crippen LogP contribution in [0.3, 0.4) is 0 Å². The number of ether oxygens (including phenoxy) is 1. The van der Waals surface area contributed by atoms with E-state index in [-0.39, 0.29) is 26.2 Å². The van der Waals surface area contributed by atoms with Gasteiger partial charge in [0.1, 0.15) is 0 Å². The van der Waals surface area contributed by atoms with E-state index in [1.807, 2.05) is 0 Å². The number of carbonyl (C=O) groups is 1. The fourth-order valence-corrected chi connectivity index (χ4v) is 3.12. The third-order valence-corrected chi connectivity index (χ3v) is 4.85. The Hall–Kier alpha value is -0.950. The summed E-state index contributed by atoms with van der Waals surface area (Å²) in [6.45, 7) is -0.326. The van der Waals surface area contributed by atoms with E-state index in [0.29, 0.717) is 0 Å². The van der Waals surface area contributed by atoms with Crippen molar-refractivity contribution in [2.75, 3.05) is 33.3 Å². The Morgan fingerprint density at radius 3 is 1.94 bits per heavy atom. The van der Waals surface area contributed by atoms with Gasteiger partial charge in [-0.1, -0.05) is 0 Å². The number of hydrogen-bond acceptors (Lipinski definition) is 6. The van der Waals surface area contributed by atoms with Gasteiger partial charge in [0.2, 0.25) is 0 Å². The second-order valence-electron chi connectivity index (χ2n) is 3.44. The first-order valence-corrected chi connectivity index (χ1v) is 7.75. The molecule has 0 saturated carbocycles. The van der Waals surface area contributed by atoms with Gasteiger partial charge in [-0.2, -0.15) is 25.4 Å². The smallest absolute Gasteiger partial charge is 0.421 e. The molecule has 0 radical (unpaired) electrons. The molecule has 0 spiro atoms. The molecule has 0 aliphatic carbocycles. The van der Waals surface area contributed by atoms with Crippen LogP contribution < -0.4 is 9.86 Å². The van der Waals surface area contributed by atoms with E-state index in [1.54, 1.807) is 4.72 Å². The van der Waals surface area contributed by atoms with Crippen LogP contribution in [0.1, 0.15) is 0 Å². The molecule has 0 aromatic carbocycles. The van der Waals surface area contributed by atoms with Crippen LogP contribution >= 0.6 is 0 Å². The van der Waals surface area contributed by atoms with Crippen LogP contribution in [0, 0.1) is 0 Å². The zero-order valence-electron chi connectivity index (χ0n) is 9.57. The molecular weight excluding hydrogens is 288 g/mol. The molecule has 1 rings (SSSR count). The van der Waals surface area contributed by atoms with Crippen molar-refractivity contribution < 1.29 is 26.4 Å². The van der Waals surface area contributed by atoms with Gasteiger partial charge in [0.15, 0.2) is 0 Å². The molecule has 1 amide bonds. The third-order valence-electron chi connectivity index (χ3n) is 2.30. The standard InChI is InChI=1S/C6H14N4O6S2/c1-16-6(11)8-18(14,15)10-4-2-9(3-5-10)17(7,12)13/h2-5H2,1H3,(H,8,11)(H2,7,12,13). The zero-order valence-corrected chi connectivity index (χ0v) is 11.2. The van der Waals surface area contributed by atoms with Gasteiger partial charge in [-0.05, 0) is 0 Å². The summed E-state index contributed by atoms with van der Waals surface area (Å²) < 4.78 is 53.0. The molecule has 1 aliphatic rings. The van der Waals surface area contributed by atoms with Crippen LogP contribution in [0.5, 0.6) is 0 Å². The fourth-order valence-electron chi connectivity index (χ4n) is 1.38. The lowest BCUT2D eigenvalue weighted by molar-refractivity contribution is 0.176. The van der Waals surface area contributed by atoms with E-state index in [2.05, 4.69) is 4.74 Å². The molecular formula is C6H14N4O6S2. The summed E-state index contributed by atoms with van der Waals surface area (Å²) in [7, 11) is -6.81. The van der Waals surface area contributed by atoms with Crippen molar-refractivity contribution in [3.05, 3.63) is 0 Å². The van der Waals surface area contributed by atoms with E-state index in [1.165, 1.54) is 0 Å². The lowest BCUT2D eigenvalue weighted by atomic mass is 10.4. The van der Waals surface area contributed by atoms with Crippen molar-refractivity contribution >= 4 is 26.5 Å². The van der Waals surface area contributed by atoms with Crippen molar-refractivity contribution in [1.29, 1.82) is 0 Å². The number of methoxy groups -OCH3 is 1. The van der Waals surface area contributed by atoms with Crippen LogP contribution in [0.4, 0.5) is 4.79 Å². The quantitative estimate of drug-likeness (QED) is 0.586. The summed E-state index contributed by atoms with van der Waals surface area (Å²) in [6.07, 6.45) is -1.11. The average molecular weight is 302 g/mol. The summed E-state index contributed by atoms with van der Waals surface area (Å²) in [5.41, 5.74) is 0. The number of carbonyl (C=O) groups excluding carboxylic acids is 1. The van der Waals surface area contributed by atoms with Crippen molar-refractivity contribution in [2.45, 2.75) is 0 Å². The summed E-state index contributed by atoms with van der Waals surface area (Å²) in [6, 6.07) is 0. The summed E-state index contributed by atoms with van der Waals surface area (Å²) in [4.78, 5) is 10.8. The Bertz CT molecular complexity index is 506. The van der Waals surface area contributed by atoms with Crippen molar-refractivity contribution in [2.24, 2.45) is 5.14 Å². The van der Waals surface area contributed by atoms with Gasteiger partial charge in [-0.3, -0.25) is 0 Å². The summed E-state index contributed by atoms with van der Waals surface area (Å²) in [5, 5.41) is 4.91. The highest BCUT2D eigenvalue weighted by atomic mass is 32.2. The van der Waals surface area contributed by atoms with E-state index >= 15 is 0 Å². The SMILES string of the molecule is COC(=O)NS(=O)(=O)N1CCN(S(N)(=O)=O)CC1. The number of amides is 1. The molecule has 1 heterocycles. The summed E-state index contributed by atoms with van der Waals surface area (Å²) >= 11 is 0. The second kappa shape index (κ2) is 5.36. The van der Waals surface area contributed by atoms with Crippen LogP contribution in [-0.2, 0) is 25.2 Å². The average Bonchev–Trinajstić information content (AvgIpc) is 2.27. The van der Waals surface area contributed by atoms with Gasteiger partial charge in [-0.25, -0.2) is 14.7 Å². The van der Waals surface area contributed by atoms with Crippen LogP contribution in [0.2, 0.25) is 0 Å². The topological polar surface area (TPSA) is 139 Å². The first-order valence-electron chi connectivity index (χ1n) is 4.80. The molecule has 0 aromatic rings. The lowest BCUT2D eigenvalue weighted by Gasteiger charge is -2.31. The van der Waals surface area contributed by atoms with Crippen LogP contribution in [-0.4, -0.2) is 64.8 Å². The van der Waals surface area contributed by atoms with Gasteiger partial charge in [-0.15, -0.1) is 0 Å². The summed E-state index contributed by atoms with van der Waals surface area (Å²) in [5.74, 6) is 0. The van der Waals surface area contributed by atoms with Gasteiger partial charge in [0, 0.05) is 26.2 Å². The van der Waals surface area contributed by atoms with E-state index < -0.39 is 26.5 Å². The molecule has 3 N–H and O–H groups in total. The molecule has 1 fully saturated rings. The predicted octanol–water partition coefficient (Wildman–Crippen LogP) is -2.59. The van der Waals surface area contributed by atoms with Crippen molar-refractivity contribution in [3.8, 4) is 0 Å². The van der Waals surface area contributed by atoms with Gasteiger partial charge in [0.25, 0.3) is 10.2 Å². The highest BCUT2D eigenvalue weighted by Gasteiger charge is 2.31. The van der Waals surface area contributed by atoms with Crippen molar-refractivity contribution in [1.82, 2.24) is 13.3 Å². The maximum absolute atomic E-state index is 11.6. The molecule has 0 aromatic heterocycles. The zero-order chi connectivity index (χ0) is 14.0. The second-order valence-corrected chi connectivity index (χ2v) is 6.66. The minimum atomic E-state index is -4.02. The van der Waals surface area contributed by atoms with Gasteiger partial charge < -0.3 is 4.74 Å². The molecule has 0 unspecified atom stereocenters. The fraction of sp³-hybridized carbons (Fsp3) is 0.833. The number of nitrogens with two attached hydrogens (primary N) is 1. The molecule has 1 saturated heterocycles. The van der Waals surface area contributed by atoms with E-state index in [9.17, 15) is 21.6 Å². The molecule has 1 aliphatic heterocycles. The minimum absolute atomic E-state index is 0.0685. The molecule has 0 bridgehead atoms. The van der Waals surface area contributed by atoms with Gasteiger partial charge >= 0.3 is 16.3 Å². The van der Waals surface area contributed by atoms with Gasteiger partial charge in [0.05, 0.1) is 7.11 Å². The van der Waals surface area contributed by atoms with Crippen molar-refractivity contribution in [3.63, 3.8) is 0 Å². The van der Waals surface area contributed by atoms with Crippen LogP contribution in [0.15, 0.2) is 0 Å². The van der Waals surface area contributed by atoms with Crippen LogP contribution in [0.25, 0.3) is 0 Å². The number of nitrogens with zero attached hydrogens (tertiary/aromatic N) is 2.